The third-order valence-electron chi connectivity index (χ3n) is 5.61. The summed E-state index contributed by atoms with van der Waals surface area (Å²) in [6.45, 7) is 2.48. The molecular formula is C23H28N4O6S. The molecule has 10 nitrogen and oxygen atoms in total. The van der Waals surface area contributed by atoms with E-state index in [1.54, 1.807) is 35.2 Å². The number of nitrogens with zero attached hydrogens (tertiary/aromatic N) is 2. The van der Waals surface area contributed by atoms with Gasteiger partial charge in [-0.25, -0.2) is 13.2 Å². The quantitative estimate of drug-likeness (QED) is 0.592. The van der Waals surface area contributed by atoms with Crippen LogP contribution in [-0.4, -0.2) is 82.0 Å². The Hall–Kier alpha value is -3.31. The zero-order valence-electron chi connectivity index (χ0n) is 18.7. The number of nitrogens with one attached hydrogen (secondary N) is 2. The van der Waals surface area contributed by atoms with Crippen LogP contribution in [0.15, 0.2) is 53.4 Å². The van der Waals surface area contributed by atoms with Gasteiger partial charge in [0, 0.05) is 57.3 Å². The molecule has 0 atom stereocenters. The van der Waals surface area contributed by atoms with Gasteiger partial charge < -0.3 is 25.0 Å². The Balaban J connectivity index is 1.24. The lowest BCUT2D eigenvalue weighted by atomic mass is 10.2. The zero-order chi connectivity index (χ0) is 24.0. The molecule has 2 N–H and O–H groups in total. The number of ether oxygens (including phenoxy) is 2. The largest absolute Gasteiger partial charge is 0.490 e. The molecular weight excluding hydrogens is 460 g/mol. The van der Waals surface area contributed by atoms with Crippen LogP contribution in [0.3, 0.4) is 0 Å². The average molecular weight is 489 g/mol. The molecule has 4 rings (SSSR count). The number of rotatable bonds is 6. The molecule has 0 bridgehead atoms. The lowest BCUT2D eigenvalue weighted by Gasteiger charge is -2.34. The second-order valence-electron chi connectivity index (χ2n) is 7.90. The van der Waals surface area contributed by atoms with Gasteiger partial charge in [-0.15, -0.1) is 0 Å². The molecule has 1 fully saturated rings. The molecule has 3 amide bonds. The molecule has 2 aromatic rings. The van der Waals surface area contributed by atoms with Gasteiger partial charge in [0.2, 0.25) is 10.0 Å². The fourth-order valence-corrected chi connectivity index (χ4v) is 5.17. The third kappa shape index (κ3) is 5.60. The number of urea groups is 1. The Kier molecular flexibility index (Phi) is 7.53. The highest BCUT2D eigenvalue weighted by molar-refractivity contribution is 7.89. The molecule has 0 spiro atoms. The highest BCUT2D eigenvalue weighted by Gasteiger charge is 2.31. The van der Waals surface area contributed by atoms with E-state index >= 15 is 0 Å². The van der Waals surface area contributed by atoms with Crippen LogP contribution in [0.5, 0.6) is 11.5 Å². The summed E-state index contributed by atoms with van der Waals surface area (Å²) < 4.78 is 38.7. The first-order chi connectivity index (χ1) is 16.4. The maximum atomic E-state index is 13.1. The lowest BCUT2D eigenvalue weighted by molar-refractivity contribution is 0.0953. The molecule has 11 heteroatoms. The number of fused-ring (bicyclic) bond motifs is 1. The van der Waals surface area contributed by atoms with Gasteiger partial charge in [0.1, 0.15) is 0 Å². The van der Waals surface area contributed by atoms with E-state index in [4.69, 9.17) is 9.47 Å². The van der Waals surface area contributed by atoms with Crippen LogP contribution in [0.25, 0.3) is 0 Å². The van der Waals surface area contributed by atoms with Crippen LogP contribution >= 0.6 is 0 Å². The highest BCUT2D eigenvalue weighted by Crippen LogP contribution is 2.33. The number of carbonyl (C=O) groups is 2. The second kappa shape index (κ2) is 10.7. The van der Waals surface area contributed by atoms with Crippen LogP contribution < -0.4 is 20.1 Å². The van der Waals surface area contributed by atoms with Crippen molar-refractivity contribution in [2.24, 2.45) is 0 Å². The monoisotopic (exact) mass is 488 g/mol. The molecule has 34 heavy (non-hydrogen) atoms. The molecule has 2 aliphatic rings. The molecule has 2 aliphatic heterocycles. The van der Waals surface area contributed by atoms with Crippen molar-refractivity contribution in [2.45, 2.75) is 11.3 Å². The SMILES string of the molecule is O=C(NCCNC(=O)N1CCN(S(=O)(=O)c2ccc3c(c2)OCCCO3)CC1)c1ccccc1. The summed E-state index contributed by atoms with van der Waals surface area (Å²) in [6, 6.07) is 13.2. The predicted octanol–water partition coefficient (Wildman–Crippen LogP) is 1.29. The van der Waals surface area contributed by atoms with Crippen molar-refractivity contribution in [1.82, 2.24) is 19.8 Å². The van der Waals surface area contributed by atoms with Crippen molar-refractivity contribution in [3.8, 4) is 11.5 Å². The van der Waals surface area contributed by atoms with E-state index in [1.807, 2.05) is 6.07 Å². The van der Waals surface area contributed by atoms with E-state index in [0.717, 1.165) is 6.42 Å². The van der Waals surface area contributed by atoms with Crippen LogP contribution in [0.4, 0.5) is 4.79 Å². The summed E-state index contributed by atoms with van der Waals surface area (Å²) in [4.78, 5) is 26.2. The van der Waals surface area contributed by atoms with Gasteiger partial charge in [-0.3, -0.25) is 4.79 Å². The Bertz CT molecular complexity index is 1120. The van der Waals surface area contributed by atoms with Gasteiger partial charge in [0.05, 0.1) is 18.1 Å². The Morgan fingerprint density at radius 2 is 1.53 bits per heavy atom. The highest BCUT2D eigenvalue weighted by atomic mass is 32.2. The minimum absolute atomic E-state index is 0.142. The molecule has 1 saturated heterocycles. The van der Waals surface area contributed by atoms with Crippen molar-refractivity contribution in [1.29, 1.82) is 0 Å². The van der Waals surface area contributed by atoms with Gasteiger partial charge in [-0.1, -0.05) is 18.2 Å². The fourth-order valence-electron chi connectivity index (χ4n) is 3.73. The third-order valence-corrected chi connectivity index (χ3v) is 7.50. The number of carbonyl (C=O) groups excluding carboxylic acids is 2. The summed E-state index contributed by atoms with van der Waals surface area (Å²) in [6.07, 6.45) is 0.736. The van der Waals surface area contributed by atoms with Gasteiger partial charge in [-0.2, -0.15) is 4.31 Å². The number of sulfonamides is 1. The van der Waals surface area contributed by atoms with Gasteiger partial charge >= 0.3 is 6.03 Å². The summed E-state index contributed by atoms with van der Waals surface area (Å²) in [5.74, 6) is 0.761. The van der Waals surface area contributed by atoms with E-state index < -0.39 is 10.0 Å². The summed E-state index contributed by atoms with van der Waals surface area (Å²) in [5.41, 5.74) is 0.555. The molecule has 0 radical (unpaired) electrons. The topological polar surface area (TPSA) is 117 Å². The van der Waals surface area contributed by atoms with E-state index in [1.165, 1.54) is 16.4 Å². The molecule has 2 aromatic carbocycles. The van der Waals surface area contributed by atoms with E-state index in [2.05, 4.69) is 10.6 Å². The second-order valence-corrected chi connectivity index (χ2v) is 9.84. The molecule has 0 aliphatic carbocycles. The number of benzene rings is 2. The average Bonchev–Trinajstić information content (AvgIpc) is 3.12. The van der Waals surface area contributed by atoms with E-state index in [9.17, 15) is 18.0 Å². The van der Waals surface area contributed by atoms with Crippen LogP contribution in [0.1, 0.15) is 16.8 Å². The van der Waals surface area contributed by atoms with Crippen molar-refractivity contribution >= 4 is 22.0 Å². The predicted molar refractivity (Wildman–Crippen MR) is 125 cm³/mol. The smallest absolute Gasteiger partial charge is 0.317 e. The van der Waals surface area contributed by atoms with Crippen molar-refractivity contribution in [2.75, 3.05) is 52.5 Å². The molecule has 2 heterocycles. The normalized spacial score (nSPS) is 16.4. The van der Waals surface area contributed by atoms with Crippen LogP contribution in [-0.2, 0) is 10.0 Å². The number of amides is 3. The Morgan fingerprint density at radius 1 is 0.853 bits per heavy atom. The van der Waals surface area contributed by atoms with Gasteiger partial charge in [0.15, 0.2) is 11.5 Å². The van der Waals surface area contributed by atoms with E-state index in [0.29, 0.717) is 30.3 Å². The van der Waals surface area contributed by atoms with Crippen LogP contribution in [0, 0.1) is 0 Å². The van der Waals surface area contributed by atoms with Gasteiger partial charge in [-0.05, 0) is 24.3 Å². The minimum atomic E-state index is -3.72. The Morgan fingerprint density at radius 3 is 2.26 bits per heavy atom. The first-order valence-corrected chi connectivity index (χ1v) is 12.6. The molecule has 182 valence electrons. The summed E-state index contributed by atoms with van der Waals surface area (Å²) >= 11 is 0. The van der Waals surface area contributed by atoms with Crippen molar-refractivity contribution < 1.29 is 27.5 Å². The maximum absolute atomic E-state index is 13.1. The van der Waals surface area contributed by atoms with Gasteiger partial charge in [0.25, 0.3) is 5.91 Å². The van der Waals surface area contributed by atoms with Crippen molar-refractivity contribution in [3.63, 3.8) is 0 Å². The fraction of sp³-hybridized carbons (Fsp3) is 0.391. The first kappa shape index (κ1) is 23.8. The Labute approximate surface area is 198 Å². The first-order valence-electron chi connectivity index (χ1n) is 11.2. The summed E-state index contributed by atoms with van der Waals surface area (Å²) in [7, 11) is -3.72. The van der Waals surface area contributed by atoms with Crippen molar-refractivity contribution in [3.05, 3.63) is 54.1 Å². The van der Waals surface area contributed by atoms with Crippen LogP contribution in [0.2, 0.25) is 0 Å². The zero-order valence-corrected chi connectivity index (χ0v) is 19.6. The maximum Gasteiger partial charge on any atom is 0.317 e. The number of hydrogen-bond donors (Lipinski definition) is 2. The number of hydrogen-bond acceptors (Lipinski definition) is 6. The summed E-state index contributed by atoms with van der Waals surface area (Å²) in [5, 5.41) is 5.51. The minimum Gasteiger partial charge on any atom is -0.490 e. The standard InChI is InChI=1S/C23H28N4O6S/c28-22(18-5-2-1-3-6-18)24-9-10-25-23(29)26-11-13-27(14-12-26)34(30,31)19-7-8-20-21(17-19)33-16-4-15-32-20/h1-3,5-8,17H,4,9-16H2,(H,24,28)(H,25,29). The number of piperazine rings is 1. The molecule has 0 saturated carbocycles. The molecule has 0 aromatic heterocycles. The lowest BCUT2D eigenvalue weighted by Crippen LogP contribution is -2.53. The van der Waals surface area contributed by atoms with E-state index in [-0.39, 0.29) is 56.1 Å². The molecule has 0 unspecified atom stereocenters.